The number of esters is 2. The van der Waals surface area contributed by atoms with Crippen LogP contribution in [0.3, 0.4) is 0 Å². The highest BCUT2D eigenvalue weighted by Crippen LogP contribution is 2.11. The Bertz CT molecular complexity index is 988. The molecule has 188 valence electrons. The molecule has 0 fully saturated rings. The van der Waals surface area contributed by atoms with Gasteiger partial charge in [0.05, 0.1) is 13.5 Å². The number of rotatable bonds is 10. The molecule has 0 aromatic heterocycles. The molecular formula is C26H32N2O7. The standard InChI is InChI=1S/C26H32N2O7/c1-26(2,3)35-22(29)16-20(28-25(32)34-17-19-13-9-6-10-14-19)23(30)27-21(24(31)33-4)15-18-11-7-5-8-12-18/h5-14,20-21H,15-17H2,1-4H3,(H,27,30)(H,28,32)/t20-,21-/m0/s1. The second-order valence-corrected chi connectivity index (χ2v) is 8.82. The minimum atomic E-state index is -1.34. The van der Waals surface area contributed by atoms with Gasteiger partial charge < -0.3 is 24.8 Å². The van der Waals surface area contributed by atoms with E-state index in [0.29, 0.717) is 0 Å². The summed E-state index contributed by atoms with van der Waals surface area (Å²) in [6.07, 6.45) is -1.19. The maximum Gasteiger partial charge on any atom is 0.408 e. The van der Waals surface area contributed by atoms with Crippen LogP contribution in [0.5, 0.6) is 0 Å². The summed E-state index contributed by atoms with van der Waals surface area (Å²) in [7, 11) is 1.21. The van der Waals surface area contributed by atoms with Gasteiger partial charge in [-0.2, -0.15) is 0 Å². The number of hydrogen-bond acceptors (Lipinski definition) is 7. The van der Waals surface area contributed by atoms with Gasteiger partial charge in [0.1, 0.15) is 24.3 Å². The quantitative estimate of drug-likeness (QED) is 0.393. The second kappa shape index (κ2) is 13.1. The summed E-state index contributed by atoms with van der Waals surface area (Å²) < 4.78 is 15.3. The molecule has 0 spiro atoms. The average Bonchev–Trinajstić information content (AvgIpc) is 2.81. The van der Waals surface area contributed by atoms with Gasteiger partial charge in [0.25, 0.3) is 0 Å². The molecule has 2 N–H and O–H groups in total. The first kappa shape index (κ1) is 27.4. The van der Waals surface area contributed by atoms with Gasteiger partial charge in [0.2, 0.25) is 5.91 Å². The molecule has 9 heteroatoms. The van der Waals surface area contributed by atoms with E-state index in [0.717, 1.165) is 11.1 Å². The molecule has 0 bridgehead atoms. The number of hydrogen-bond donors (Lipinski definition) is 2. The van der Waals surface area contributed by atoms with Crippen LogP contribution < -0.4 is 10.6 Å². The van der Waals surface area contributed by atoms with Crippen LogP contribution in [-0.4, -0.2) is 48.7 Å². The van der Waals surface area contributed by atoms with Crippen LogP contribution in [0.1, 0.15) is 38.3 Å². The summed E-state index contributed by atoms with van der Waals surface area (Å²) in [6.45, 7) is 5.05. The van der Waals surface area contributed by atoms with Crippen molar-refractivity contribution >= 4 is 23.9 Å². The zero-order valence-corrected chi connectivity index (χ0v) is 20.4. The molecule has 0 heterocycles. The van der Waals surface area contributed by atoms with E-state index in [2.05, 4.69) is 10.6 Å². The number of benzene rings is 2. The van der Waals surface area contributed by atoms with Crippen LogP contribution >= 0.6 is 0 Å². The highest BCUT2D eigenvalue weighted by molar-refractivity contribution is 5.92. The van der Waals surface area contributed by atoms with Crippen LogP contribution in [0.2, 0.25) is 0 Å². The number of alkyl carbamates (subject to hydrolysis) is 1. The Hall–Kier alpha value is -3.88. The minimum absolute atomic E-state index is 0.0216. The van der Waals surface area contributed by atoms with Gasteiger partial charge in [0, 0.05) is 6.42 Å². The molecule has 0 aliphatic rings. The van der Waals surface area contributed by atoms with Crippen LogP contribution in [-0.2, 0) is 41.6 Å². The summed E-state index contributed by atoms with van der Waals surface area (Å²) in [6, 6.07) is 15.7. The summed E-state index contributed by atoms with van der Waals surface area (Å²) in [5.74, 6) is -2.11. The van der Waals surface area contributed by atoms with Crippen molar-refractivity contribution in [3.63, 3.8) is 0 Å². The van der Waals surface area contributed by atoms with Gasteiger partial charge in [-0.05, 0) is 31.9 Å². The number of amides is 2. The molecule has 2 rings (SSSR count). The van der Waals surface area contributed by atoms with Gasteiger partial charge in [-0.25, -0.2) is 9.59 Å². The Kier molecular flexibility index (Phi) is 10.3. The van der Waals surface area contributed by atoms with Crippen LogP contribution in [0.15, 0.2) is 60.7 Å². The lowest BCUT2D eigenvalue weighted by Crippen LogP contribution is -2.53. The fraction of sp³-hybridized carbons (Fsp3) is 0.385. The third kappa shape index (κ3) is 10.3. The van der Waals surface area contributed by atoms with Crippen molar-refractivity contribution in [2.45, 2.75) is 57.9 Å². The Balaban J connectivity index is 2.12. The van der Waals surface area contributed by atoms with E-state index < -0.39 is 48.0 Å². The predicted octanol–water partition coefficient (Wildman–Crippen LogP) is 2.91. The van der Waals surface area contributed by atoms with Crippen molar-refractivity contribution in [1.29, 1.82) is 0 Å². The van der Waals surface area contributed by atoms with E-state index in [9.17, 15) is 19.2 Å². The number of carbonyl (C=O) groups excluding carboxylic acids is 4. The van der Waals surface area contributed by atoms with E-state index in [4.69, 9.17) is 14.2 Å². The normalized spacial score (nSPS) is 12.6. The number of nitrogens with one attached hydrogen (secondary N) is 2. The largest absolute Gasteiger partial charge is 0.467 e. The van der Waals surface area contributed by atoms with Gasteiger partial charge in [0.15, 0.2) is 0 Å². The molecule has 35 heavy (non-hydrogen) atoms. The van der Waals surface area contributed by atoms with Crippen molar-refractivity contribution in [1.82, 2.24) is 10.6 Å². The molecule has 2 amide bonds. The maximum atomic E-state index is 13.1. The summed E-state index contributed by atoms with van der Waals surface area (Å²) in [5, 5.41) is 4.98. The third-order valence-electron chi connectivity index (χ3n) is 4.70. The zero-order valence-electron chi connectivity index (χ0n) is 20.4. The Morgan fingerprint density at radius 2 is 1.40 bits per heavy atom. The Morgan fingerprint density at radius 3 is 1.94 bits per heavy atom. The first-order valence-corrected chi connectivity index (χ1v) is 11.2. The first-order chi connectivity index (χ1) is 16.6. The Labute approximate surface area is 205 Å². The van der Waals surface area contributed by atoms with Crippen LogP contribution in [0.4, 0.5) is 4.79 Å². The van der Waals surface area contributed by atoms with Crippen LogP contribution in [0, 0.1) is 0 Å². The van der Waals surface area contributed by atoms with E-state index in [1.54, 1.807) is 69.3 Å². The summed E-state index contributed by atoms with van der Waals surface area (Å²) in [4.78, 5) is 50.2. The SMILES string of the molecule is COC(=O)[C@H](Cc1ccccc1)NC(=O)[C@H](CC(=O)OC(C)(C)C)NC(=O)OCc1ccccc1. The lowest BCUT2D eigenvalue weighted by Gasteiger charge is -2.24. The zero-order chi connectivity index (χ0) is 25.8. The minimum Gasteiger partial charge on any atom is -0.467 e. The molecule has 9 nitrogen and oxygen atoms in total. The molecule has 0 saturated heterocycles. The van der Waals surface area contributed by atoms with Gasteiger partial charge in [-0.3, -0.25) is 9.59 Å². The lowest BCUT2D eigenvalue weighted by atomic mass is 10.0. The van der Waals surface area contributed by atoms with Crippen LogP contribution in [0.25, 0.3) is 0 Å². The lowest BCUT2D eigenvalue weighted by molar-refractivity contribution is -0.156. The van der Waals surface area contributed by atoms with Crippen molar-refractivity contribution in [3.05, 3.63) is 71.8 Å². The maximum absolute atomic E-state index is 13.1. The van der Waals surface area contributed by atoms with Gasteiger partial charge >= 0.3 is 18.0 Å². The molecule has 0 aliphatic heterocycles. The highest BCUT2D eigenvalue weighted by atomic mass is 16.6. The third-order valence-corrected chi connectivity index (χ3v) is 4.70. The van der Waals surface area contributed by atoms with Crippen molar-refractivity contribution < 1.29 is 33.4 Å². The van der Waals surface area contributed by atoms with Gasteiger partial charge in [-0.15, -0.1) is 0 Å². The average molecular weight is 485 g/mol. The molecule has 2 atom stereocenters. The van der Waals surface area contributed by atoms with E-state index in [1.165, 1.54) is 7.11 Å². The van der Waals surface area contributed by atoms with Crippen molar-refractivity contribution in [3.8, 4) is 0 Å². The van der Waals surface area contributed by atoms with E-state index >= 15 is 0 Å². The fourth-order valence-corrected chi connectivity index (χ4v) is 3.12. The molecule has 0 saturated carbocycles. The molecule has 0 unspecified atom stereocenters. The number of ether oxygens (including phenoxy) is 3. The fourth-order valence-electron chi connectivity index (χ4n) is 3.12. The van der Waals surface area contributed by atoms with Crippen molar-refractivity contribution in [2.24, 2.45) is 0 Å². The van der Waals surface area contributed by atoms with Crippen molar-refractivity contribution in [2.75, 3.05) is 7.11 Å². The second-order valence-electron chi connectivity index (χ2n) is 8.82. The Morgan fingerprint density at radius 1 is 0.829 bits per heavy atom. The molecule has 2 aromatic carbocycles. The number of carbonyl (C=O) groups is 4. The monoisotopic (exact) mass is 484 g/mol. The molecule has 0 aliphatic carbocycles. The smallest absolute Gasteiger partial charge is 0.408 e. The predicted molar refractivity (Wildman–Crippen MR) is 128 cm³/mol. The highest BCUT2D eigenvalue weighted by Gasteiger charge is 2.31. The topological polar surface area (TPSA) is 120 Å². The first-order valence-electron chi connectivity index (χ1n) is 11.2. The van der Waals surface area contributed by atoms with Gasteiger partial charge in [-0.1, -0.05) is 60.7 Å². The van der Waals surface area contributed by atoms with E-state index in [1.807, 2.05) is 12.1 Å². The molecular weight excluding hydrogens is 452 g/mol. The number of methoxy groups -OCH3 is 1. The van der Waals surface area contributed by atoms with E-state index in [-0.39, 0.29) is 13.0 Å². The molecule has 0 radical (unpaired) electrons. The molecule has 2 aromatic rings. The summed E-state index contributed by atoms with van der Waals surface area (Å²) in [5.41, 5.74) is 0.764. The summed E-state index contributed by atoms with van der Waals surface area (Å²) >= 11 is 0.